The third kappa shape index (κ3) is 0.966. The lowest BCUT2D eigenvalue weighted by Crippen LogP contribution is -2.63. The van der Waals surface area contributed by atoms with Crippen molar-refractivity contribution < 1.29 is 0 Å². The molecule has 3 fully saturated rings. The molecule has 120 valence electrons. The second kappa shape index (κ2) is 3.54. The molecule has 1 aromatic rings. The average molecular weight is 306 g/mol. The van der Waals surface area contributed by atoms with E-state index in [1.807, 2.05) is 0 Å². The zero-order valence-electron chi connectivity index (χ0n) is 14.4. The Morgan fingerprint density at radius 1 is 1.17 bits per heavy atom. The van der Waals surface area contributed by atoms with Gasteiger partial charge in [0.15, 0.2) is 0 Å². The summed E-state index contributed by atoms with van der Waals surface area (Å²) in [4.78, 5) is 5.54. The molecule has 0 radical (unpaired) electrons. The number of para-hydroxylation sites is 1. The second-order valence-electron chi connectivity index (χ2n) is 8.86. The number of likely N-dealkylation sites (N-methyl/N-ethyl adjacent to an activating group) is 1. The van der Waals surface area contributed by atoms with Gasteiger partial charge in [-0.15, -0.1) is 0 Å². The van der Waals surface area contributed by atoms with E-state index in [0.29, 0.717) is 16.4 Å². The predicted octanol–water partition coefficient (Wildman–Crippen LogP) is 3.43. The van der Waals surface area contributed by atoms with Gasteiger partial charge in [0.25, 0.3) is 0 Å². The number of hydrogen-bond donors (Lipinski definition) is 0. The van der Waals surface area contributed by atoms with Crippen LogP contribution in [0.15, 0.2) is 36.4 Å². The Balaban J connectivity index is 1.76. The van der Waals surface area contributed by atoms with Gasteiger partial charge in [-0.1, -0.05) is 44.2 Å². The highest BCUT2D eigenvalue weighted by atomic mass is 15.3. The van der Waals surface area contributed by atoms with Gasteiger partial charge < -0.3 is 4.90 Å². The van der Waals surface area contributed by atoms with E-state index in [2.05, 4.69) is 67.1 Å². The van der Waals surface area contributed by atoms with Gasteiger partial charge in [-0.2, -0.15) is 0 Å². The maximum atomic E-state index is 2.82. The molecule has 6 rings (SSSR count). The van der Waals surface area contributed by atoms with Gasteiger partial charge in [0, 0.05) is 36.2 Å². The fraction of sp³-hybridized carbons (Fsp3) is 0.619. The van der Waals surface area contributed by atoms with Crippen LogP contribution in [-0.4, -0.2) is 36.6 Å². The fourth-order valence-electron chi connectivity index (χ4n) is 8.66. The molecule has 0 unspecified atom stereocenters. The van der Waals surface area contributed by atoms with Gasteiger partial charge in [0.1, 0.15) is 0 Å². The van der Waals surface area contributed by atoms with Crippen LogP contribution in [0.2, 0.25) is 0 Å². The van der Waals surface area contributed by atoms with E-state index < -0.39 is 0 Å². The van der Waals surface area contributed by atoms with Crippen molar-refractivity contribution in [2.45, 2.75) is 43.7 Å². The Hall–Kier alpha value is -1.28. The Bertz CT molecular complexity index is 754. The van der Waals surface area contributed by atoms with E-state index in [9.17, 15) is 0 Å². The Labute approximate surface area is 139 Å². The third-order valence-corrected chi connectivity index (χ3v) is 8.80. The first kappa shape index (κ1) is 13.1. The molecule has 1 aromatic carbocycles. The van der Waals surface area contributed by atoms with Crippen LogP contribution >= 0.6 is 0 Å². The number of rotatable bonds is 0. The minimum absolute atomic E-state index is 0.310. The normalized spacial score (nSPS) is 52.0. The summed E-state index contributed by atoms with van der Waals surface area (Å²) >= 11 is 0. The van der Waals surface area contributed by atoms with Crippen LogP contribution in [0.3, 0.4) is 0 Å². The van der Waals surface area contributed by atoms with Gasteiger partial charge in [-0.25, -0.2) is 0 Å². The second-order valence-corrected chi connectivity index (χ2v) is 8.86. The van der Waals surface area contributed by atoms with Crippen molar-refractivity contribution in [3.63, 3.8) is 0 Å². The SMILES string of the molecule is C[C@@H]1C[C@@]23C=CCN4CC[C@@]5(c6ccccc6N(C)[C@@]15[C@@H]2C)[C@@H]43. The zero-order valence-corrected chi connectivity index (χ0v) is 14.4. The summed E-state index contributed by atoms with van der Waals surface area (Å²) in [6, 6.07) is 10.1. The van der Waals surface area contributed by atoms with Gasteiger partial charge in [0.2, 0.25) is 0 Å². The van der Waals surface area contributed by atoms with E-state index in [0.717, 1.165) is 24.4 Å². The van der Waals surface area contributed by atoms with Crippen LogP contribution in [0.25, 0.3) is 0 Å². The quantitative estimate of drug-likeness (QED) is 0.678. The Morgan fingerprint density at radius 3 is 2.87 bits per heavy atom. The summed E-state index contributed by atoms with van der Waals surface area (Å²) < 4.78 is 0. The summed E-state index contributed by atoms with van der Waals surface area (Å²) in [5, 5.41) is 0. The van der Waals surface area contributed by atoms with E-state index >= 15 is 0 Å². The smallest absolute Gasteiger partial charge is 0.0572 e. The largest absolute Gasteiger partial charge is 0.367 e. The van der Waals surface area contributed by atoms with Crippen LogP contribution in [-0.2, 0) is 5.41 Å². The number of fused-ring (bicyclic) bond motifs is 1. The van der Waals surface area contributed by atoms with Gasteiger partial charge in [0.05, 0.1) is 5.54 Å². The number of hydrogen-bond acceptors (Lipinski definition) is 2. The summed E-state index contributed by atoms with van der Waals surface area (Å²) in [5.41, 5.74) is 4.23. The van der Waals surface area contributed by atoms with Crippen LogP contribution in [0, 0.1) is 17.3 Å². The zero-order chi connectivity index (χ0) is 15.6. The highest BCUT2D eigenvalue weighted by Gasteiger charge is 2.85. The molecule has 23 heavy (non-hydrogen) atoms. The van der Waals surface area contributed by atoms with Crippen molar-refractivity contribution in [1.82, 2.24) is 4.90 Å². The fourth-order valence-corrected chi connectivity index (χ4v) is 8.66. The molecule has 0 aromatic heterocycles. The van der Waals surface area contributed by atoms with Crippen LogP contribution in [0.1, 0.15) is 32.3 Å². The molecule has 0 amide bonds. The molecule has 3 aliphatic heterocycles. The molecule has 5 aliphatic rings. The minimum Gasteiger partial charge on any atom is -0.367 e. The van der Waals surface area contributed by atoms with E-state index in [-0.39, 0.29) is 0 Å². The molecule has 2 bridgehead atoms. The van der Waals surface area contributed by atoms with Crippen molar-refractivity contribution in [2.24, 2.45) is 17.3 Å². The molecular weight excluding hydrogens is 280 g/mol. The first-order valence-corrected chi connectivity index (χ1v) is 9.36. The molecular formula is C21H26N2. The number of benzene rings is 1. The molecule has 2 aliphatic carbocycles. The van der Waals surface area contributed by atoms with Crippen molar-refractivity contribution in [3.05, 3.63) is 42.0 Å². The summed E-state index contributed by atoms with van der Waals surface area (Å²) in [7, 11) is 2.39. The monoisotopic (exact) mass is 306 g/mol. The molecule has 1 saturated heterocycles. The highest BCUT2D eigenvalue weighted by molar-refractivity contribution is 5.72. The van der Waals surface area contributed by atoms with Crippen molar-refractivity contribution in [1.29, 1.82) is 0 Å². The standard InChI is InChI=1S/C21H26N2/c1-14-13-19-9-6-11-23-12-10-20(18(19)23)16-7-4-5-8-17(16)22(3)21(14,20)15(19)2/h4-9,14-15,18H,10-13H2,1-3H3/t14-,15-,18+,19+,20-,21-/m1/s1. The maximum absolute atomic E-state index is 2.82. The topological polar surface area (TPSA) is 6.48 Å². The molecule has 3 heterocycles. The lowest BCUT2D eigenvalue weighted by molar-refractivity contribution is 0.0762. The lowest BCUT2D eigenvalue weighted by Gasteiger charge is -2.53. The van der Waals surface area contributed by atoms with E-state index in [4.69, 9.17) is 0 Å². The Morgan fingerprint density at radius 2 is 2.00 bits per heavy atom. The van der Waals surface area contributed by atoms with Crippen molar-refractivity contribution in [2.75, 3.05) is 25.0 Å². The van der Waals surface area contributed by atoms with Gasteiger partial charge >= 0.3 is 0 Å². The highest BCUT2D eigenvalue weighted by Crippen LogP contribution is 2.80. The molecule has 2 heteroatoms. The predicted molar refractivity (Wildman–Crippen MR) is 93.8 cm³/mol. The summed E-state index contributed by atoms with van der Waals surface area (Å²) in [6.45, 7) is 7.55. The first-order chi connectivity index (χ1) is 11.1. The molecule has 0 N–H and O–H groups in total. The Kier molecular flexibility index (Phi) is 2.01. The van der Waals surface area contributed by atoms with Crippen LogP contribution < -0.4 is 4.90 Å². The van der Waals surface area contributed by atoms with Crippen molar-refractivity contribution >= 4 is 5.69 Å². The lowest BCUT2D eigenvalue weighted by atomic mass is 9.57. The minimum atomic E-state index is 0.310. The number of nitrogens with zero attached hydrogens (tertiary/aromatic N) is 2. The molecule has 2 saturated carbocycles. The first-order valence-electron chi connectivity index (χ1n) is 9.36. The number of anilines is 1. The van der Waals surface area contributed by atoms with Crippen molar-refractivity contribution in [3.8, 4) is 0 Å². The third-order valence-electron chi connectivity index (χ3n) is 8.80. The summed E-state index contributed by atoms with van der Waals surface area (Å²) in [5.74, 6) is 1.49. The van der Waals surface area contributed by atoms with Gasteiger partial charge in [-0.3, -0.25) is 4.90 Å². The molecule has 6 atom stereocenters. The van der Waals surface area contributed by atoms with Crippen LogP contribution in [0.5, 0.6) is 0 Å². The molecule has 3 spiro atoms. The average Bonchev–Trinajstić information content (AvgIpc) is 3.18. The van der Waals surface area contributed by atoms with E-state index in [1.165, 1.54) is 25.1 Å². The maximum Gasteiger partial charge on any atom is 0.0572 e. The van der Waals surface area contributed by atoms with Crippen LogP contribution in [0.4, 0.5) is 5.69 Å². The van der Waals surface area contributed by atoms with Gasteiger partial charge in [-0.05, 0) is 42.9 Å². The summed E-state index contributed by atoms with van der Waals surface area (Å²) in [6.07, 6.45) is 7.83. The van der Waals surface area contributed by atoms with E-state index in [1.54, 1.807) is 5.56 Å². The molecule has 2 nitrogen and oxygen atoms in total.